The Morgan fingerprint density at radius 2 is 1.76 bits per heavy atom. The van der Waals surface area contributed by atoms with Gasteiger partial charge in [0, 0.05) is 19.5 Å². The third-order valence-electron chi connectivity index (χ3n) is 10.0. The predicted molar refractivity (Wildman–Crippen MR) is 168 cm³/mol. The van der Waals surface area contributed by atoms with Crippen LogP contribution in [-0.4, -0.2) is 73.1 Å². The summed E-state index contributed by atoms with van der Waals surface area (Å²) in [5.74, 6) is -2.07. The molecule has 1 aliphatic heterocycles. The number of ketones is 1. The summed E-state index contributed by atoms with van der Waals surface area (Å²) in [6, 6.07) is 6.80. The molecule has 1 aromatic rings. The molecule has 246 valence electrons. The normalized spacial score (nSPS) is 26.3. The van der Waals surface area contributed by atoms with Crippen LogP contribution in [-0.2, 0) is 33.9 Å². The molecule has 4 fully saturated rings. The van der Waals surface area contributed by atoms with E-state index in [-0.39, 0.29) is 54.7 Å². The Labute approximate surface area is 267 Å². The van der Waals surface area contributed by atoms with Gasteiger partial charge in [0.2, 0.25) is 21.8 Å². The molecule has 1 heterocycles. The lowest BCUT2D eigenvalue weighted by molar-refractivity contribution is -0.156. The molecule has 11 heteroatoms. The molecule has 0 unspecified atom stereocenters. The van der Waals surface area contributed by atoms with Crippen molar-refractivity contribution in [2.75, 3.05) is 19.8 Å². The molecule has 3 aliphatic carbocycles. The van der Waals surface area contributed by atoms with Gasteiger partial charge < -0.3 is 15.0 Å². The average Bonchev–Trinajstić information content (AvgIpc) is 3.84. The molecule has 0 aromatic heterocycles. The van der Waals surface area contributed by atoms with Gasteiger partial charge >= 0.3 is 5.97 Å². The van der Waals surface area contributed by atoms with E-state index in [2.05, 4.69) is 11.9 Å². The molecule has 1 aromatic carbocycles. The number of sulfonamides is 1. The van der Waals surface area contributed by atoms with E-state index in [1.807, 2.05) is 20.8 Å². The minimum atomic E-state index is -4.04. The summed E-state index contributed by atoms with van der Waals surface area (Å²) in [6.07, 6.45) is 7.46. The standard InChI is InChI=1S/C34H47N3O7S/c1-5-24-18-34(24,32(41)35-20-23-15-16-23)19-29(38)28-21-36(45(42,43)26-13-7-6-8-14-26)22-37(28)31(40)27(33(2,3)4)17-30(39)44-25-11-9-10-12-25/h5-8,13-14,23-25,27-28H,1,9-12,15-22H2,2-4H3,(H,35,41)/t24-,27-,28+,34-/m1/s1. The first-order valence-corrected chi connectivity index (χ1v) is 17.7. The Morgan fingerprint density at radius 3 is 2.33 bits per heavy atom. The smallest absolute Gasteiger partial charge is 0.306 e. The number of nitrogens with one attached hydrogen (secondary N) is 1. The highest BCUT2D eigenvalue weighted by Crippen LogP contribution is 2.56. The minimum absolute atomic E-state index is 0.0582. The number of nitrogens with zero attached hydrogens (tertiary/aromatic N) is 2. The van der Waals surface area contributed by atoms with Crippen molar-refractivity contribution >= 4 is 33.6 Å². The highest BCUT2D eigenvalue weighted by Gasteiger charge is 2.60. The molecule has 0 spiro atoms. The molecule has 4 atom stereocenters. The number of hydrogen-bond donors (Lipinski definition) is 1. The number of allylic oxidation sites excluding steroid dienone is 1. The second kappa shape index (κ2) is 13.0. The molecule has 0 radical (unpaired) electrons. The van der Waals surface area contributed by atoms with E-state index in [9.17, 15) is 27.6 Å². The number of carbonyl (C=O) groups excluding carboxylic acids is 4. The first kappa shape index (κ1) is 33.3. The number of amides is 2. The first-order valence-electron chi connectivity index (χ1n) is 16.2. The van der Waals surface area contributed by atoms with Crippen LogP contribution in [0.4, 0.5) is 0 Å². The largest absolute Gasteiger partial charge is 0.462 e. The van der Waals surface area contributed by atoms with E-state index in [0.29, 0.717) is 18.9 Å². The van der Waals surface area contributed by atoms with E-state index in [1.54, 1.807) is 24.3 Å². The van der Waals surface area contributed by atoms with Gasteiger partial charge in [-0.15, -0.1) is 6.58 Å². The number of esters is 1. The van der Waals surface area contributed by atoms with Crippen molar-refractivity contribution in [2.45, 2.75) is 95.6 Å². The van der Waals surface area contributed by atoms with E-state index < -0.39 is 44.7 Å². The van der Waals surface area contributed by atoms with Crippen LogP contribution in [0, 0.1) is 28.6 Å². The van der Waals surface area contributed by atoms with E-state index in [0.717, 1.165) is 42.8 Å². The maximum absolute atomic E-state index is 14.4. The highest BCUT2D eigenvalue weighted by molar-refractivity contribution is 7.89. The van der Waals surface area contributed by atoms with E-state index in [4.69, 9.17) is 4.74 Å². The quantitative estimate of drug-likeness (QED) is 0.254. The summed E-state index contributed by atoms with van der Waals surface area (Å²) in [4.78, 5) is 56.3. The molecule has 5 rings (SSSR count). The lowest BCUT2D eigenvalue weighted by Crippen LogP contribution is -2.49. The maximum Gasteiger partial charge on any atom is 0.306 e. The number of rotatable bonds is 13. The molecule has 2 amide bonds. The lowest BCUT2D eigenvalue weighted by atomic mass is 9.77. The van der Waals surface area contributed by atoms with Crippen LogP contribution in [0.3, 0.4) is 0 Å². The van der Waals surface area contributed by atoms with Crippen LogP contribution in [0.2, 0.25) is 0 Å². The van der Waals surface area contributed by atoms with E-state index in [1.165, 1.54) is 17.0 Å². The van der Waals surface area contributed by atoms with Gasteiger partial charge in [-0.1, -0.05) is 45.0 Å². The number of ether oxygens (including phenoxy) is 1. The topological polar surface area (TPSA) is 130 Å². The molecule has 1 N–H and O–H groups in total. The van der Waals surface area contributed by atoms with Crippen molar-refractivity contribution in [3.8, 4) is 0 Å². The summed E-state index contributed by atoms with van der Waals surface area (Å²) in [7, 11) is -4.04. The lowest BCUT2D eigenvalue weighted by Gasteiger charge is -2.34. The third kappa shape index (κ3) is 7.35. The summed E-state index contributed by atoms with van der Waals surface area (Å²) in [5, 5.41) is 3.01. The fourth-order valence-electron chi connectivity index (χ4n) is 6.75. The Morgan fingerprint density at radius 1 is 1.09 bits per heavy atom. The molecule has 0 bridgehead atoms. The summed E-state index contributed by atoms with van der Waals surface area (Å²) in [5.41, 5.74) is -1.64. The molecule has 4 aliphatic rings. The Hall–Kier alpha value is -3.05. The SMILES string of the molecule is C=C[C@@H]1C[C@]1(CC(=O)[C@@H]1CN(S(=O)(=O)c2ccccc2)CN1C(=O)[C@@H](CC(=O)OC1CCCC1)C(C)(C)C)C(=O)NCC1CC1. The molecule has 1 saturated heterocycles. The maximum atomic E-state index is 14.4. The molecule has 10 nitrogen and oxygen atoms in total. The molecular formula is C34H47N3O7S. The van der Waals surface area contributed by atoms with Crippen LogP contribution in [0.1, 0.15) is 78.6 Å². The highest BCUT2D eigenvalue weighted by atomic mass is 32.2. The van der Waals surface area contributed by atoms with Crippen molar-refractivity contribution in [3.63, 3.8) is 0 Å². The number of hydrogen-bond acceptors (Lipinski definition) is 7. The van der Waals surface area contributed by atoms with Crippen molar-refractivity contribution in [2.24, 2.45) is 28.6 Å². The van der Waals surface area contributed by atoms with Crippen molar-refractivity contribution in [1.82, 2.24) is 14.5 Å². The Bertz CT molecular complexity index is 1410. The van der Waals surface area contributed by atoms with Crippen LogP contribution in [0.25, 0.3) is 0 Å². The van der Waals surface area contributed by atoms with Crippen molar-refractivity contribution in [3.05, 3.63) is 43.0 Å². The Balaban J connectivity index is 1.40. The third-order valence-corrected chi connectivity index (χ3v) is 11.8. The van der Waals surface area contributed by atoms with Gasteiger partial charge in [0.25, 0.3) is 0 Å². The zero-order valence-electron chi connectivity index (χ0n) is 26.7. The fourth-order valence-corrected chi connectivity index (χ4v) is 8.17. The van der Waals surface area contributed by atoms with Crippen molar-refractivity contribution < 1.29 is 32.3 Å². The van der Waals surface area contributed by atoms with Gasteiger partial charge in [-0.25, -0.2) is 8.42 Å². The van der Waals surface area contributed by atoms with Crippen molar-refractivity contribution in [1.29, 1.82) is 0 Å². The van der Waals surface area contributed by atoms with E-state index >= 15 is 0 Å². The van der Waals surface area contributed by atoms with Gasteiger partial charge in [-0.2, -0.15) is 4.31 Å². The zero-order chi connectivity index (χ0) is 32.6. The van der Waals surface area contributed by atoms with Gasteiger partial charge in [-0.05, 0) is 74.3 Å². The average molecular weight is 642 g/mol. The summed E-state index contributed by atoms with van der Waals surface area (Å²) >= 11 is 0. The first-order chi connectivity index (χ1) is 21.3. The second-order valence-corrected chi connectivity index (χ2v) is 16.4. The Kier molecular flexibility index (Phi) is 9.61. The van der Waals surface area contributed by atoms with Crippen LogP contribution < -0.4 is 5.32 Å². The molecule has 45 heavy (non-hydrogen) atoms. The summed E-state index contributed by atoms with van der Waals surface area (Å²) < 4.78 is 34.2. The predicted octanol–water partition coefficient (Wildman–Crippen LogP) is 4.06. The second-order valence-electron chi connectivity index (χ2n) is 14.4. The fraction of sp³-hybridized carbons (Fsp3) is 0.647. The summed E-state index contributed by atoms with van der Waals surface area (Å²) in [6.45, 7) is 9.41. The minimum Gasteiger partial charge on any atom is -0.462 e. The number of Topliss-reactive ketones (excluding diaryl/α,β-unsaturated/α-hetero) is 1. The van der Waals surface area contributed by atoms with Gasteiger partial charge in [0.05, 0.1) is 29.3 Å². The molecule has 3 saturated carbocycles. The van der Waals surface area contributed by atoms with Gasteiger partial charge in [0.1, 0.15) is 12.1 Å². The monoisotopic (exact) mass is 641 g/mol. The van der Waals surface area contributed by atoms with Crippen LogP contribution in [0.5, 0.6) is 0 Å². The van der Waals surface area contributed by atoms with Gasteiger partial charge in [-0.3, -0.25) is 19.2 Å². The number of carbonyl (C=O) groups is 4. The van der Waals surface area contributed by atoms with Crippen LogP contribution in [0.15, 0.2) is 47.9 Å². The molecular weight excluding hydrogens is 594 g/mol. The van der Waals surface area contributed by atoms with Crippen LogP contribution >= 0.6 is 0 Å². The zero-order valence-corrected chi connectivity index (χ0v) is 27.5. The number of benzene rings is 1. The van der Waals surface area contributed by atoms with Gasteiger partial charge in [0.15, 0.2) is 5.78 Å².